The lowest BCUT2D eigenvalue weighted by Crippen LogP contribution is -2.62. The number of methoxy groups -OCH3 is 3. The summed E-state index contributed by atoms with van der Waals surface area (Å²) in [7, 11) is 6.54. The third kappa shape index (κ3) is 2.44. The molecular weight excluding hydrogens is 470 g/mol. The van der Waals surface area contributed by atoms with Gasteiger partial charge in [-0.2, -0.15) is 5.10 Å². The van der Waals surface area contributed by atoms with Crippen LogP contribution in [0.1, 0.15) is 17.0 Å². The van der Waals surface area contributed by atoms with E-state index in [2.05, 4.69) is 15.4 Å². The maximum atomic E-state index is 14.2. The molecule has 3 aromatic rings. The summed E-state index contributed by atoms with van der Waals surface area (Å²) in [5.74, 6) is 0.717. The van der Waals surface area contributed by atoms with Crippen LogP contribution in [0.25, 0.3) is 0 Å². The number of likely N-dealkylation sites (tertiary alicyclic amines) is 1. The Bertz CT molecular complexity index is 1390. The van der Waals surface area contributed by atoms with Crippen molar-refractivity contribution in [2.24, 2.45) is 0 Å². The van der Waals surface area contributed by atoms with E-state index in [1.54, 1.807) is 32.1 Å². The largest absolute Gasteiger partial charge is 0.496 e. The van der Waals surface area contributed by atoms with Gasteiger partial charge in [-0.3, -0.25) is 14.5 Å². The highest BCUT2D eigenvalue weighted by Gasteiger charge is 2.78. The summed E-state index contributed by atoms with van der Waals surface area (Å²) in [5, 5.41) is 7.78. The number of anilines is 1. The fraction of sp³-hybridized carbons (Fsp3) is 0.333. The van der Waals surface area contributed by atoms with Crippen molar-refractivity contribution >= 4 is 28.5 Å². The number of carbonyl (C=O) groups excluding carboxylic acids is 2. The van der Waals surface area contributed by atoms with Crippen LogP contribution >= 0.6 is 11.8 Å². The number of ether oxygens (including phenoxy) is 3. The molecule has 2 spiro atoms. The van der Waals surface area contributed by atoms with Crippen LogP contribution < -0.4 is 19.5 Å². The lowest BCUT2D eigenvalue weighted by atomic mass is 9.67. The average molecular weight is 494 g/mol. The zero-order valence-corrected chi connectivity index (χ0v) is 20.4. The molecule has 10 nitrogen and oxygen atoms in total. The Morgan fingerprint density at radius 1 is 1.06 bits per heavy atom. The van der Waals surface area contributed by atoms with Gasteiger partial charge in [-0.1, -0.05) is 18.2 Å². The third-order valence-corrected chi connectivity index (χ3v) is 8.39. The molecule has 0 radical (unpaired) electrons. The number of benzene rings is 2. The standard InChI is InChI=1S/C24H23N5O5S/c1-28-11-15(13-9-18(33-3)19(34-4)10-17(13)32-2)24(21(31)35-22-25-12-26-29(22)24)23(28)14-7-5-6-8-16(14)27-20(23)30/h5-10,12,15H,11H2,1-4H3,(H,27,30)/t15-,23-,24-/m0/s1. The number of carbonyl (C=O) groups is 2. The Balaban J connectivity index is 1.71. The molecule has 3 aliphatic heterocycles. The smallest absolute Gasteiger partial charge is 0.252 e. The summed E-state index contributed by atoms with van der Waals surface area (Å²) in [6.45, 7) is 0.374. The summed E-state index contributed by atoms with van der Waals surface area (Å²) in [6.07, 6.45) is 1.42. The van der Waals surface area contributed by atoms with Gasteiger partial charge in [0.25, 0.3) is 5.91 Å². The van der Waals surface area contributed by atoms with Crippen molar-refractivity contribution in [1.82, 2.24) is 19.7 Å². The van der Waals surface area contributed by atoms with Gasteiger partial charge in [-0.15, -0.1) is 0 Å². The van der Waals surface area contributed by atoms with Gasteiger partial charge in [0.05, 0.1) is 21.3 Å². The molecular formula is C24H23N5O5S. The molecule has 3 atom stereocenters. The molecule has 3 aliphatic rings. The van der Waals surface area contributed by atoms with Crippen molar-refractivity contribution in [1.29, 1.82) is 0 Å². The zero-order valence-electron chi connectivity index (χ0n) is 19.6. The lowest BCUT2D eigenvalue weighted by molar-refractivity contribution is -0.139. The van der Waals surface area contributed by atoms with Gasteiger partial charge in [0.15, 0.2) is 27.7 Å². The van der Waals surface area contributed by atoms with E-state index in [0.717, 1.165) is 17.3 Å². The first-order valence-corrected chi connectivity index (χ1v) is 11.8. The maximum absolute atomic E-state index is 14.2. The molecule has 35 heavy (non-hydrogen) atoms. The first-order valence-electron chi connectivity index (χ1n) is 11.0. The predicted molar refractivity (Wildman–Crippen MR) is 127 cm³/mol. The SMILES string of the molecule is COc1cc(OC)c([C@@H]2CN(C)[C@@]3(C(=O)Nc4ccccc43)[C@@]23C(=O)Sc2ncnn23)cc1OC. The third-order valence-electron chi connectivity index (χ3n) is 7.44. The minimum atomic E-state index is -1.43. The normalized spacial score (nSPS) is 26.8. The van der Waals surface area contributed by atoms with Crippen molar-refractivity contribution in [2.75, 3.05) is 40.2 Å². The van der Waals surface area contributed by atoms with Crippen molar-refractivity contribution in [3.63, 3.8) is 0 Å². The Labute approximate surface area is 205 Å². The molecule has 2 aromatic carbocycles. The number of amides is 1. The molecule has 6 rings (SSSR count). The van der Waals surface area contributed by atoms with E-state index in [1.165, 1.54) is 6.33 Å². The molecule has 1 fully saturated rings. The Kier molecular flexibility index (Phi) is 4.68. The van der Waals surface area contributed by atoms with Crippen molar-refractivity contribution < 1.29 is 23.8 Å². The molecule has 1 N–H and O–H groups in total. The van der Waals surface area contributed by atoms with E-state index in [1.807, 2.05) is 42.3 Å². The number of hydrogen-bond donors (Lipinski definition) is 1. The molecule has 1 saturated heterocycles. The van der Waals surface area contributed by atoms with Crippen LogP contribution in [0.15, 0.2) is 47.9 Å². The van der Waals surface area contributed by atoms with Crippen LogP contribution in [0.4, 0.5) is 5.69 Å². The second-order valence-corrected chi connectivity index (χ2v) is 9.64. The second kappa shape index (κ2) is 7.46. The van der Waals surface area contributed by atoms with E-state index >= 15 is 0 Å². The van der Waals surface area contributed by atoms with Crippen LogP contribution in [0.3, 0.4) is 0 Å². The molecule has 11 heteroatoms. The van der Waals surface area contributed by atoms with Gasteiger partial charge >= 0.3 is 0 Å². The van der Waals surface area contributed by atoms with Gasteiger partial charge in [0, 0.05) is 35.3 Å². The number of nitrogens with zero attached hydrogens (tertiary/aromatic N) is 4. The summed E-state index contributed by atoms with van der Waals surface area (Å²) < 4.78 is 18.5. The first kappa shape index (κ1) is 21.9. The number of rotatable bonds is 4. The van der Waals surface area contributed by atoms with E-state index < -0.39 is 17.0 Å². The number of likely N-dealkylation sites (N-methyl/N-ethyl adjacent to an activating group) is 1. The topological polar surface area (TPSA) is 108 Å². The van der Waals surface area contributed by atoms with E-state index in [4.69, 9.17) is 14.2 Å². The number of aromatic nitrogens is 3. The Morgan fingerprint density at radius 2 is 1.77 bits per heavy atom. The number of para-hydroxylation sites is 1. The van der Waals surface area contributed by atoms with Crippen molar-refractivity contribution in [3.8, 4) is 17.2 Å². The monoisotopic (exact) mass is 493 g/mol. The fourth-order valence-electron chi connectivity index (χ4n) is 6.12. The van der Waals surface area contributed by atoms with Crippen LogP contribution in [0, 0.1) is 0 Å². The van der Waals surface area contributed by atoms with Gasteiger partial charge in [-0.05, 0) is 30.9 Å². The van der Waals surface area contributed by atoms with E-state index in [0.29, 0.717) is 40.2 Å². The molecule has 0 saturated carbocycles. The number of thioether (sulfide) groups is 1. The van der Waals surface area contributed by atoms with Crippen LogP contribution in [-0.2, 0) is 20.7 Å². The highest BCUT2D eigenvalue weighted by Crippen LogP contribution is 2.65. The number of fused-ring (bicyclic) bond motifs is 5. The second-order valence-electron chi connectivity index (χ2n) is 8.70. The van der Waals surface area contributed by atoms with Crippen LogP contribution in [-0.4, -0.2) is 65.6 Å². The maximum Gasteiger partial charge on any atom is 0.252 e. The predicted octanol–water partition coefficient (Wildman–Crippen LogP) is 2.21. The van der Waals surface area contributed by atoms with Crippen LogP contribution in [0.2, 0.25) is 0 Å². The highest BCUT2D eigenvalue weighted by molar-refractivity contribution is 8.14. The minimum Gasteiger partial charge on any atom is -0.496 e. The van der Waals surface area contributed by atoms with Gasteiger partial charge in [0.1, 0.15) is 12.1 Å². The highest BCUT2D eigenvalue weighted by atomic mass is 32.2. The molecule has 180 valence electrons. The Morgan fingerprint density at radius 3 is 2.51 bits per heavy atom. The summed E-state index contributed by atoms with van der Waals surface area (Å²) in [4.78, 5) is 34.5. The summed E-state index contributed by atoms with van der Waals surface area (Å²) in [5.41, 5.74) is -0.665. The van der Waals surface area contributed by atoms with Crippen LogP contribution in [0.5, 0.6) is 17.2 Å². The van der Waals surface area contributed by atoms with Gasteiger partial charge in [0.2, 0.25) is 5.12 Å². The van der Waals surface area contributed by atoms with Gasteiger partial charge < -0.3 is 19.5 Å². The Hall–Kier alpha value is -3.57. The van der Waals surface area contributed by atoms with Crippen molar-refractivity contribution in [2.45, 2.75) is 22.2 Å². The zero-order chi connectivity index (χ0) is 24.5. The molecule has 0 bridgehead atoms. The molecule has 1 amide bonds. The molecule has 1 aromatic heterocycles. The quantitative estimate of drug-likeness (QED) is 0.585. The fourth-order valence-corrected chi connectivity index (χ4v) is 7.19. The van der Waals surface area contributed by atoms with E-state index in [-0.39, 0.29) is 11.0 Å². The minimum absolute atomic E-state index is 0.203. The molecule has 0 unspecified atom stereocenters. The number of hydrogen-bond acceptors (Lipinski definition) is 9. The van der Waals surface area contributed by atoms with Crippen molar-refractivity contribution in [3.05, 3.63) is 53.9 Å². The van der Waals surface area contributed by atoms with E-state index in [9.17, 15) is 9.59 Å². The van der Waals surface area contributed by atoms with Gasteiger partial charge in [-0.25, -0.2) is 9.67 Å². The molecule has 0 aliphatic carbocycles. The summed E-state index contributed by atoms with van der Waals surface area (Å²) >= 11 is 1.01. The molecule has 4 heterocycles. The lowest BCUT2D eigenvalue weighted by Gasteiger charge is -2.42. The summed E-state index contributed by atoms with van der Waals surface area (Å²) in [6, 6.07) is 11.0. The first-order chi connectivity index (χ1) is 16.9. The average Bonchev–Trinajstić information content (AvgIpc) is 3.58. The number of nitrogens with one attached hydrogen (secondary N) is 1.